The lowest BCUT2D eigenvalue weighted by Gasteiger charge is -2.33. The highest BCUT2D eigenvalue weighted by atomic mass is 16.5. The highest BCUT2D eigenvalue weighted by Gasteiger charge is 2.20. The van der Waals surface area contributed by atoms with E-state index in [1.54, 1.807) is 6.07 Å². The summed E-state index contributed by atoms with van der Waals surface area (Å²) in [6.07, 6.45) is 2.27. The molecular formula is C19H23N5O. The third-order valence-electron chi connectivity index (χ3n) is 4.33. The van der Waals surface area contributed by atoms with Crippen LogP contribution in [0.1, 0.15) is 24.1 Å². The van der Waals surface area contributed by atoms with Crippen LogP contribution >= 0.6 is 0 Å². The minimum absolute atomic E-state index is 0.409. The van der Waals surface area contributed by atoms with E-state index < -0.39 is 0 Å². The van der Waals surface area contributed by atoms with Gasteiger partial charge in [-0.1, -0.05) is 12.1 Å². The lowest BCUT2D eigenvalue weighted by molar-refractivity contribution is 0.297. The van der Waals surface area contributed by atoms with Crippen LogP contribution in [0.25, 0.3) is 0 Å². The van der Waals surface area contributed by atoms with Gasteiger partial charge < -0.3 is 15.0 Å². The topological polar surface area (TPSA) is 74.1 Å². The number of para-hydroxylation sites is 1. The first kappa shape index (κ1) is 17.2. The standard InChI is InChI=1S/C19H23N5O/c1-15-8-9-19(23-22-15)24-11-4-6-17(14-24)21-10-12-25-18-7-3-2-5-16(18)13-20/h2-3,5,7-9,17,21H,4,6,10-12,14H2,1H3. The molecule has 1 aromatic heterocycles. The zero-order valence-corrected chi connectivity index (χ0v) is 14.5. The maximum Gasteiger partial charge on any atom is 0.151 e. The third kappa shape index (κ3) is 4.68. The van der Waals surface area contributed by atoms with Gasteiger partial charge in [-0.3, -0.25) is 0 Å². The molecule has 0 aliphatic carbocycles. The number of rotatable bonds is 6. The third-order valence-corrected chi connectivity index (χ3v) is 4.33. The molecular weight excluding hydrogens is 314 g/mol. The van der Waals surface area contributed by atoms with Crippen LogP contribution in [0.15, 0.2) is 36.4 Å². The van der Waals surface area contributed by atoms with Crippen molar-refractivity contribution in [3.05, 3.63) is 47.7 Å². The normalized spacial score (nSPS) is 17.1. The fourth-order valence-electron chi connectivity index (χ4n) is 3.02. The molecule has 1 aromatic carbocycles. The number of benzene rings is 1. The van der Waals surface area contributed by atoms with Crippen molar-refractivity contribution in [3.63, 3.8) is 0 Å². The zero-order valence-electron chi connectivity index (χ0n) is 14.5. The predicted octanol–water partition coefficient (Wildman–Crippen LogP) is 2.29. The van der Waals surface area contributed by atoms with Gasteiger partial charge in [-0.05, 0) is 44.0 Å². The Labute approximate surface area is 148 Å². The van der Waals surface area contributed by atoms with Crippen LogP contribution in [0.5, 0.6) is 5.75 Å². The van der Waals surface area contributed by atoms with Gasteiger partial charge in [-0.2, -0.15) is 10.4 Å². The summed E-state index contributed by atoms with van der Waals surface area (Å²) in [6.45, 7) is 5.17. The zero-order chi connectivity index (χ0) is 17.5. The summed E-state index contributed by atoms with van der Waals surface area (Å²) in [4.78, 5) is 2.28. The molecule has 1 unspecified atom stereocenters. The molecule has 0 radical (unpaired) electrons. The van der Waals surface area contributed by atoms with E-state index in [0.717, 1.165) is 44.0 Å². The first-order chi connectivity index (χ1) is 12.3. The van der Waals surface area contributed by atoms with E-state index in [1.807, 2.05) is 37.3 Å². The Morgan fingerprint density at radius 2 is 2.16 bits per heavy atom. The number of anilines is 1. The molecule has 1 N–H and O–H groups in total. The van der Waals surface area contributed by atoms with Gasteiger partial charge in [0, 0.05) is 25.7 Å². The Balaban J connectivity index is 1.45. The van der Waals surface area contributed by atoms with E-state index >= 15 is 0 Å². The van der Waals surface area contributed by atoms with Gasteiger partial charge in [0.15, 0.2) is 5.82 Å². The molecule has 2 aromatic rings. The second-order valence-electron chi connectivity index (χ2n) is 6.23. The fraction of sp³-hybridized carbons (Fsp3) is 0.421. The average Bonchev–Trinajstić information content (AvgIpc) is 2.66. The van der Waals surface area contributed by atoms with E-state index in [2.05, 4.69) is 26.5 Å². The summed E-state index contributed by atoms with van der Waals surface area (Å²) in [7, 11) is 0. The van der Waals surface area contributed by atoms with Crippen LogP contribution in [0.3, 0.4) is 0 Å². The van der Waals surface area contributed by atoms with Crippen LogP contribution in [-0.2, 0) is 0 Å². The Morgan fingerprint density at radius 3 is 2.96 bits per heavy atom. The van der Waals surface area contributed by atoms with Gasteiger partial charge in [-0.15, -0.1) is 5.10 Å². The first-order valence-electron chi connectivity index (χ1n) is 8.67. The van der Waals surface area contributed by atoms with E-state index in [-0.39, 0.29) is 0 Å². The average molecular weight is 337 g/mol. The molecule has 25 heavy (non-hydrogen) atoms. The van der Waals surface area contributed by atoms with Crippen molar-refractivity contribution < 1.29 is 4.74 Å². The molecule has 130 valence electrons. The van der Waals surface area contributed by atoms with Crippen molar-refractivity contribution >= 4 is 5.82 Å². The van der Waals surface area contributed by atoms with Crippen molar-refractivity contribution in [2.75, 3.05) is 31.1 Å². The number of ether oxygens (including phenoxy) is 1. The van der Waals surface area contributed by atoms with E-state index in [1.165, 1.54) is 0 Å². The summed E-state index contributed by atoms with van der Waals surface area (Å²) in [5.74, 6) is 1.59. The number of hydrogen-bond donors (Lipinski definition) is 1. The Hall–Kier alpha value is -2.65. The van der Waals surface area contributed by atoms with E-state index in [4.69, 9.17) is 10.00 Å². The molecule has 3 rings (SSSR count). The van der Waals surface area contributed by atoms with Crippen molar-refractivity contribution in [1.82, 2.24) is 15.5 Å². The molecule has 1 atom stereocenters. The van der Waals surface area contributed by atoms with Gasteiger partial charge in [0.2, 0.25) is 0 Å². The van der Waals surface area contributed by atoms with Gasteiger partial charge in [0.05, 0.1) is 11.3 Å². The minimum Gasteiger partial charge on any atom is -0.491 e. The lowest BCUT2D eigenvalue weighted by Crippen LogP contribution is -2.47. The van der Waals surface area contributed by atoms with Crippen molar-refractivity contribution in [3.8, 4) is 11.8 Å². The molecule has 1 fully saturated rings. The highest BCUT2D eigenvalue weighted by molar-refractivity contribution is 5.42. The number of nitrogens with one attached hydrogen (secondary N) is 1. The molecule has 0 amide bonds. The Kier molecular flexibility index (Phi) is 5.81. The van der Waals surface area contributed by atoms with Crippen molar-refractivity contribution in [2.24, 2.45) is 0 Å². The second kappa shape index (κ2) is 8.45. The molecule has 2 heterocycles. The van der Waals surface area contributed by atoms with Gasteiger partial charge >= 0.3 is 0 Å². The van der Waals surface area contributed by atoms with Crippen LogP contribution in [-0.4, -0.2) is 42.5 Å². The molecule has 6 nitrogen and oxygen atoms in total. The summed E-state index contributed by atoms with van der Waals surface area (Å²) in [6, 6.07) is 13.9. The number of aromatic nitrogens is 2. The molecule has 1 saturated heterocycles. The van der Waals surface area contributed by atoms with E-state index in [9.17, 15) is 0 Å². The molecule has 0 saturated carbocycles. The van der Waals surface area contributed by atoms with Crippen LogP contribution in [0.4, 0.5) is 5.82 Å². The Morgan fingerprint density at radius 1 is 1.28 bits per heavy atom. The van der Waals surface area contributed by atoms with Crippen LogP contribution < -0.4 is 15.0 Å². The highest BCUT2D eigenvalue weighted by Crippen LogP contribution is 2.18. The van der Waals surface area contributed by atoms with Gasteiger partial charge in [0.1, 0.15) is 18.4 Å². The predicted molar refractivity (Wildman–Crippen MR) is 96.7 cm³/mol. The fourth-order valence-corrected chi connectivity index (χ4v) is 3.02. The summed E-state index contributed by atoms with van der Waals surface area (Å²) in [5, 5.41) is 21.0. The number of nitrogens with zero attached hydrogens (tertiary/aromatic N) is 4. The minimum atomic E-state index is 0.409. The SMILES string of the molecule is Cc1ccc(N2CCCC(NCCOc3ccccc3C#N)C2)nn1. The smallest absolute Gasteiger partial charge is 0.151 e. The largest absolute Gasteiger partial charge is 0.491 e. The van der Waals surface area contributed by atoms with E-state index in [0.29, 0.717) is 24.0 Å². The summed E-state index contributed by atoms with van der Waals surface area (Å²) >= 11 is 0. The van der Waals surface area contributed by atoms with Crippen LogP contribution in [0, 0.1) is 18.3 Å². The second-order valence-corrected chi connectivity index (χ2v) is 6.23. The first-order valence-corrected chi connectivity index (χ1v) is 8.67. The molecule has 6 heteroatoms. The summed E-state index contributed by atoms with van der Waals surface area (Å²) in [5.41, 5.74) is 1.51. The maximum absolute atomic E-state index is 9.07. The summed E-state index contributed by atoms with van der Waals surface area (Å²) < 4.78 is 5.72. The lowest BCUT2D eigenvalue weighted by atomic mass is 10.1. The quantitative estimate of drug-likeness (QED) is 0.815. The number of aryl methyl sites for hydroxylation is 1. The number of nitriles is 1. The Bertz CT molecular complexity index is 725. The maximum atomic E-state index is 9.07. The molecule has 0 spiro atoms. The van der Waals surface area contributed by atoms with Crippen molar-refractivity contribution in [1.29, 1.82) is 5.26 Å². The van der Waals surface area contributed by atoms with Crippen molar-refractivity contribution in [2.45, 2.75) is 25.8 Å². The number of hydrogen-bond acceptors (Lipinski definition) is 6. The van der Waals surface area contributed by atoms with Crippen LogP contribution in [0.2, 0.25) is 0 Å². The van der Waals surface area contributed by atoms with Gasteiger partial charge in [0.25, 0.3) is 0 Å². The monoisotopic (exact) mass is 337 g/mol. The molecule has 1 aliphatic rings. The number of piperidine rings is 1. The van der Waals surface area contributed by atoms with Gasteiger partial charge in [-0.25, -0.2) is 0 Å². The molecule has 1 aliphatic heterocycles. The molecule has 0 bridgehead atoms.